The standard InChI is InChI=1S/C24H23F3N4O3S/c1-23(2)21(32)31(17-5-4-16(12-28)19(11-17)24(25,26)27)22(35)30(23)14-15-3-6-20(29-13-15)34-18-7-9-33-10-8-18/h3-6,11,13,18H,7-10,14H2,1-2H3. The zero-order valence-electron chi connectivity index (χ0n) is 19.1. The van der Waals surface area contributed by atoms with Crippen LogP contribution in [-0.2, 0) is 22.3 Å². The maximum Gasteiger partial charge on any atom is 0.417 e. The molecule has 0 N–H and O–H groups in total. The lowest BCUT2D eigenvalue weighted by Crippen LogP contribution is -2.43. The minimum Gasteiger partial charge on any atom is -0.474 e. The second-order valence-corrected chi connectivity index (χ2v) is 9.21. The first kappa shape index (κ1) is 24.9. The molecule has 0 unspecified atom stereocenters. The molecule has 0 radical (unpaired) electrons. The average molecular weight is 505 g/mol. The summed E-state index contributed by atoms with van der Waals surface area (Å²) < 4.78 is 51.6. The van der Waals surface area contributed by atoms with E-state index in [1.165, 1.54) is 6.07 Å². The molecule has 2 aliphatic heterocycles. The number of benzene rings is 1. The summed E-state index contributed by atoms with van der Waals surface area (Å²) in [5.41, 5.74) is -2.04. The Morgan fingerprint density at radius 2 is 1.97 bits per heavy atom. The van der Waals surface area contributed by atoms with Crippen molar-refractivity contribution in [2.24, 2.45) is 0 Å². The molecule has 1 amide bonds. The Hall–Kier alpha value is -3.23. The van der Waals surface area contributed by atoms with Gasteiger partial charge in [0.2, 0.25) is 5.88 Å². The first-order chi connectivity index (χ1) is 16.5. The van der Waals surface area contributed by atoms with Crippen molar-refractivity contribution in [3.63, 3.8) is 0 Å². The van der Waals surface area contributed by atoms with Crippen LogP contribution < -0.4 is 9.64 Å². The number of rotatable bonds is 5. The molecule has 2 aromatic rings. The molecule has 2 aliphatic rings. The third-order valence-corrected chi connectivity index (χ3v) is 6.51. The second-order valence-electron chi connectivity index (χ2n) is 8.84. The third-order valence-electron chi connectivity index (χ3n) is 6.10. The van der Waals surface area contributed by atoms with Gasteiger partial charge in [-0.15, -0.1) is 0 Å². The Labute approximate surface area is 206 Å². The number of carbonyl (C=O) groups is 1. The maximum atomic E-state index is 13.5. The Morgan fingerprint density at radius 3 is 2.57 bits per heavy atom. The number of thiocarbonyl (C=S) groups is 1. The molecule has 0 spiro atoms. The maximum absolute atomic E-state index is 13.5. The molecule has 184 valence electrons. The van der Waals surface area contributed by atoms with Gasteiger partial charge in [-0.3, -0.25) is 9.69 Å². The molecule has 11 heteroatoms. The minimum absolute atomic E-state index is 0.0414. The van der Waals surface area contributed by atoms with Crippen LogP contribution in [0.1, 0.15) is 43.4 Å². The fourth-order valence-corrected chi connectivity index (χ4v) is 4.53. The molecule has 3 heterocycles. The smallest absolute Gasteiger partial charge is 0.417 e. The fourth-order valence-electron chi connectivity index (χ4n) is 4.05. The first-order valence-corrected chi connectivity index (χ1v) is 11.4. The van der Waals surface area contributed by atoms with Crippen LogP contribution in [-0.4, -0.2) is 45.8 Å². The van der Waals surface area contributed by atoms with E-state index >= 15 is 0 Å². The van der Waals surface area contributed by atoms with Crippen LogP contribution in [0.4, 0.5) is 18.9 Å². The number of pyridine rings is 1. The summed E-state index contributed by atoms with van der Waals surface area (Å²) in [6, 6.07) is 8.22. The van der Waals surface area contributed by atoms with Gasteiger partial charge in [-0.2, -0.15) is 18.4 Å². The molecule has 35 heavy (non-hydrogen) atoms. The molecule has 7 nitrogen and oxygen atoms in total. The van der Waals surface area contributed by atoms with Crippen LogP contribution in [0.2, 0.25) is 0 Å². The lowest BCUT2D eigenvalue weighted by atomic mass is 10.0. The molecule has 4 rings (SSSR count). The van der Waals surface area contributed by atoms with Crippen LogP contribution in [0, 0.1) is 11.3 Å². The Balaban J connectivity index is 1.55. The highest BCUT2D eigenvalue weighted by Crippen LogP contribution is 2.38. The Bertz CT molecular complexity index is 1170. The van der Waals surface area contributed by atoms with Gasteiger partial charge in [0.15, 0.2) is 5.11 Å². The lowest BCUT2D eigenvalue weighted by molar-refractivity contribution is -0.137. The van der Waals surface area contributed by atoms with E-state index in [1.54, 1.807) is 37.1 Å². The van der Waals surface area contributed by atoms with Crippen molar-refractivity contribution >= 4 is 28.9 Å². The van der Waals surface area contributed by atoms with E-state index in [2.05, 4.69) is 4.98 Å². The van der Waals surface area contributed by atoms with Gasteiger partial charge < -0.3 is 14.4 Å². The molecular weight excluding hydrogens is 481 g/mol. The molecule has 1 aromatic heterocycles. The molecular formula is C24H23F3N4O3S. The number of aromatic nitrogens is 1. The Kier molecular flexibility index (Phi) is 6.71. The summed E-state index contributed by atoms with van der Waals surface area (Å²) >= 11 is 5.53. The number of amides is 1. The summed E-state index contributed by atoms with van der Waals surface area (Å²) in [4.78, 5) is 20.3. The third kappa shape index (κ3) is 4.94. The van der Waals surface area contributed by atoms with Gasteiger partial charge in [0, 0.05) is 31.6 Å². The highest BCUT2D eigenvalue weighted by Gasteiger charge is 2.49. The topological polar surface area (TPSA) is 78.7 Å². The van der Waals surface area contributed by atoms with Crippen molar-refractivity contribution in [2.75, 3.05) is 18.1 Å². The van der Waals surface area contributed by atoms with E-state index in [0.29, 0.717) is 19.1 Å². The molecule has 2 saturated heterocycles. The van der Waals surface area contributed by atoms with Crippen molar-refractivity contribution in [2.45, 2.75) is 51.1 Å². The van der Waals surface area contributed by atoms with Crippen LogP contribution in [0.3, 0.4) is 0 Å². The number of hydrogen-bond acceptors (Lipinski definition) is 6. The minimum atomic E-state index is -4.75. The van der Waals surface area contributed by atoms with E-state index in [1.807, 2.05) is 6.07 Å². The van der Waals surface area contributed by atoms with Crippen molar-refractivity contribution < 1.29 is 27.4 Å². The monoisotopic (exact) mass is 504 g/mol. The number of carbonyl (C=O) groups excluding carboxylic acids is 1. The van der Waals surface area contributed by atoms with Gasteiger partial charge in [-0.25, -0.2) is 4.98 Å². The van der Waals surface area contributed by atoms with Gasteiger partial charge in [-0.05, 0) is 49.8 Å². The zero-order chi connectivity index (χ0) is 25.4. The van der Waals surface area contributed by atoms with E-state index in [-0.39, 0.29) is 23.4 Å². The molecule has 0 bridgehead atoms. The van der Waals surface area contributed by atoms with E-state index in [0.717, 1.165) is 35.4 Å². The first-order valence-electron chi connectivity index (χ1n) is 11.0. The second kappa shape index (κ2) is 9.43. The van der Waals surface area contributed by atoms with Gasteiger partial charge in [0.05, 0.1) is 36.1 Å². The number of halogens is 3. The van der Waals surface area contributed by atoms with E-state index in [4.69, 9.17) is 27.0 Å². The molecule has 2 fully saturated rings. The van der Waals surface area contributed by atoms with Gasteiger partial charge in [0.25, 0.3) is 5.91 Å². The van der Waals surface area contributed by atoms with Gasteiger partial charge >= 0.3 is 6.18 Å². The van der Waals surface area contributed by atoms with Crippen molar-refractivity contribution in [1.29, 1.82) is 5.26 Å². The normalized spacial score (nSPS) is 18.6. The number of ether oxygens (including phenoxy) is 2. The fraction of sp³-hybridized carbons (Fsp3) is 0.417. The van der Waals surface area contributed by atoms with Crippen molar-refractivity contribution in [1.82, 2.24) is 9.88 Å². The number of alkyl halides is 3. The number of anilines is 1. The quantitative estimate of drug-likeness (QED) is 0.557. The van der Waals surface area contributed by atoms with Crippen LogP contribution >= 0.6 is 12.2 Å². The summed E-state index contributed by atoms with van der Waals surface area (Å²) in [7, 11) is 0. The van der Waals surface area contributed by atoms with Crippen molar-refractivity contribution in [3.8, 4) is 11.9 Å². The molecule has 0 saturated carbocycles. The van der Waals surface area contributed by atoms with E-state index < -0.39 is 28.7 Å². The van der Waals surface area contributed by atoms with Crippen LogP contribution in [0.25, 0.3) is 0 Å². The van der Waals surface area contributed by atoms with Gasteiger partial charge in [-0.1, -0.05) is 6.07 Å². The number of hydrogen-bond donors (Lipinski definition) is 0. The van der Waals surface area contributed by atoms with Gasteiger partial charge in [0.1, 0.15) is 11.6 Å². The predicted molar refractivity (Wildman–Crippen MR) is 125 cm³/mol. The van der Waals surface area contributed by atoms with Crippen LogP contribution in [0.15, 0.2) is 36.5 Å². The molecule has 1 aromatic carbocycles. The molecule has 0 atom stereocenters. The van der Waals surface area contributed by atoms with E-state index in [9.17, 15) is 18.0 Å². The molecule has 0 aliphatic carbocycles. The highest BCUT2D eigenvalue weighted by atomic mass is 32.1. The lowest BCUT2D eigenvalue weighted by Gasteiger charge is -2.29. The zero-order valence-corrected chi connectivity index (χ0v) is 19.9. The SMILES string of the molecule is CC1(C)C(=O)N(c2ccc(C#N)c(C(F)(F)F)c2)C(=S)N1Cc1ccc(OC2CCOCC2)nc1. The predicted octanol–water partition coefficient (Wildman–Crippen LogP) is 4.44. The summed E-state index contributed by atoms with van der Waals surface area (Å²) in [6.45, 7) is 4.84. The summed E-state index contributed by atoms with van der Waals surface area (Å²) in [5, 5.41) is 9.13. The highest BCUT2D eigenvalue weighted by molar-refractivity contribution is 7.80. The summed E-state index contributed by atoms with van der Waals surface area (Å²) in [5.74, 6) is 0.0200. The average Bonchev–Trinajstić information content (AvgIpc) is 2.99. The number of nitriles is 1. The summed E-state index contributed by atoms with van der Waals surface area (Å²) in [6.07, 6.45) is -1.48. The largest absolute Gasteiger partial charge is 0.474 e. The Morgan fingerprint density at radius 1 is 1.26 bits per heavy atom. The number of nitrogens with zero attached hydrogens (tertiary/aromatic N) is 4. The van der Waals surface area contributed by atoms with Crippen LogP contribution in [0.5, 0.6) is 5.88 Å². The van der Waals surface area contributed by atoms with Crippen molar-refractivity contribution in [3.05, 3.63) is 53.2 Å².